The summed E-state index contributed by atoms with van der Waals surface area (Å²) >= 11 is 1.70. The lowest BCUT2D eigenvalue weighted by Gasteiger charge is -2.24. The summed E-state index contributed by atoms with van der Waals surface area (Å²) in [6, 6.07) is 8.79. The fourth-order valence-corrected chi connectivity index (χ4v) is 3.83. The largest absolute Gasteiger partial charge is 0.291 e. The number of aryl methyl sites for hydroxylation is 1. The van der Waals surface area contributed by atoms with Gasteiger partial charge in [-0.3, -0.25) is 14.7 Å². The smallest absolute Gasteiger partial charge is 0.225 e. The fraction of sp³-hybridized carbons (Fsp3) is 0.529. The second-order valence-electron chi connectivity index (χ2n) is 5.04. The molecule has 21 heavy (non-hydrogen) atoms. The molecule has 1 heterocycles. The summed E-state index contributed by atoms with van der Waals surface area (Å²) in [5, 5.41) is 0.911. The number of nitrogens with zero attached hydrogens (tertiary/aromatic N) is 2. The van der Waals surface area contributed by atoms with Crippen molar-refractivity contribution in [3.63, 3.8) is 0 Å². The Balaban J connectivity index is 0.000000774. The van der Waals surface area contributed by atoms with Crippen LogP contribution >= 0.6 is 11.8 Å². The Morgan fingerprint density at radius 3 is 2.86 bits per heavy atom. The maximum absolute atomic E-state index is 11.6. The molecule has 0 saturated carbocycles. The van der Waals surface area contributed by atoms with E-state index < -0.39 is 0 Å². The zero-order valence-corrected chi connectivity index (χ0v) is 13.9. The van der Waals surface area contributed by atoms with E-state index in [9.17, 15) is 4.79 Å². The van der Waals surface area contributed by atoms with Crippen molar-refractivity contribution in [1.29, 1.82) is 0 Å². The maximum Gasteiger partial charge on any atom is 0.225 e. The van der Waals surface area contributed by atoms with E-state index in [0.29, 0.717) is 0 Å². The van der Waals surface area contributed by atoms with Gasteiger partial charge in [-0.1, -0.05) is 49.9 Å². The number of carbonyl (C=O) groups is 1. The Bertz CT molecular complexity index is 527. The van der Waals surface area contributed by atoms with Gasteiger partial charge in [0.1, 0.15) is 0 Å². The van der Waals surface area contributed by atoms with Crippen LogP contribution in [0.2, 0.25) is 0 Å². The number of amides is 1. The molecule has 1 atom stereocenters. The second kappa shape index (κ2) is 7.64. The van der Waals surface area contributed by atoms with Crippen LogP contribution in [0.3, 0.4) is 0 Å². The summed E-state index contributed by atoms with van der Waals surface area (Å²) in [5.74, 6) is 1.07. The normalized spacial score (nSPS) is 22.5. The monoisotopic (exact) mass is 304 g/mol. The topological polar surface area (TPSA) is 32.7 Å². The van der Waals surface area contributed by atoms with E-state index in [0.717, 1.165) is 30.3 Å². The lowest BCUT2D eigenvalue weighted by molar-refractivity contribution is -0.124. The van der Waals surface area contributed by atoms with Crippen LogP contribution in [-0.2, 0) is 11.2 Å². The van der Waals surface area contributed by atoms with Gasteiger partial charge >= 0.3 is 0 Å². The lowest BCUT2D eigenvalue weighted by atomic mass is 9.88. The number of benzene rings is 1. The van der Waals surface area contributed by atoms with Crippen LogP contribution < -0.4 is 0 Å². The van der Waals surface area contributed by atoms with Crippen LogP contribution in [0.4, 0.5) is 0 Å². The molecular formula is C17H24N2OS. The van der Waals surface area contributed by atoms with E-state index in [1.54, 1.807) is 18.7 Å². The van der Waals surface area contributed by atoms with Crippen LogP contribution in [0.1, 0.15) is 50.8 Å². The van der Waals surface area contributed by atoms with E-state index in [1.165, 1.54) is 17.5 Å². The first-order valence-electron chi connectivity index (χ1n) is 7.82. The molecule has 0 aromatic heterocycles. The average Bonchev–Trinajstić information content (AvgIpc) is 2.98. The van der Waals surface area contributed by atoms with E-state index >= 15 is 0 Å². The molecule has 3 nitrogen and oxygen atoms in total. The van der Waals surface area contributed by atoms with Crippen LogP contribution in [0, 0.1) is 0 Å². The van der Waals surface area contributed by atoms with Gasteiger partial charge in [0.05, 0.1) is 6.04 Å². The first kappa shape index (κ1) is 16.1. The molecule has 114 valence electrons. The minimum Gasteiger partial charge on any atom is -0.291 e. The van der Waals surface area contributed by atoms with Crippen molar-refractivity contribution in [3.8, 4) is 0 Å². The highest BCUT2D eigenvalue weighted by atomic mass is 32.2. The van der Waals surface area contributed by atoms with Gasteiger partial charge in [0, 0.05) is 19.2 Å². The molecule has 0 spiro atoms. The van der Waals surface area contributed by atoms with Crippen LogP contribution in [0.15, 0.2) is 29.3 Å². The van der Waals surface area contributed by atoms with Gasteiger partial charge in [0.2, 0.25) is 5.91 Å². The fourth-order valence-electron chi connectivity index (χ4n) is 2.80. The Morgan fingerprint density at radius 2 is 2.10 bits per heavy atom. The Morgan fingerprint density at radius 1 is 1.33 bits per heavy atom. The van der Waals surface area contributed by atoms with Gasteiger partial charge in [-0.25, -0.2) is 0 Å². The zero-order valence-electron chi connectivity index (χ0n) is 13.1. The number of fused-ring (bicyclic) bond motifs is 1. The molecule has 3 rings (SSSR count). The van der Waals surface area contributed by atoms with E-state index in [2.05, 4.69) is 24.3 Å². The van der Waals surface area contributed by atoms with Gasteiger partial charge in [0.25, 0.3) is 0 Å². The van der Waals surface area contributed by atoms with Gasteiger partial charge in [-0.15, -0.1) is 0 Å². The van der Waals surface area contributed by atoms with E-state index in [4.69, 9.17) is 4.99 Å². The molecule has 1 fully saturated rings. The van der Waals surface area contributed by atoms with Crippen LogP contribution in [0.5, 0.6) is 0 Å². The predicted molar refractivity (Wildman–Crippen MR) is 90.7 cm³/mol. The predicted octanol–water partition coefficient (Wildman–Crippen LogP) is 4.04. The van der Waals surface area contributed by atoms with Crippen molar-refractivity contribution in [2.75, 3.05) is 12.3 Å². The SMILES string of the molecule is CC.CC(=O)N1CCSC1=NC1CCCc2ccccc21. The lowest BCUT2D eigenvalue weighted by Crippen LogP contribution is -2.29. The second-order valence-corrected chi connectivity index (χ2v) is 6.10. The van der Waals surface area contributed by atoms with E-state index in [1.807, 2.05) is 18.7 Å². The third-order valence-corrected chi connectivity index (χ3v) is 4.73. The van der Waals surface area contributed by atoms with Crippen LogP contribution in [-0.4, -0.2) is 28.3 Å². The molecule has 1 saturated heterocycles. The quantitative estimate of drug-likeness (QED) is 0.784. The zero-order chi connectivity index (χ0) is 15.2. The van der Waals surface area contributed by atoms with Gasteiger partial charge in [-0.2, -0.15) is 0 Å². The number of hydrogen-bond donors (Lipinski definition) is 0. The third kappa shape index (κ3) is 3.67. The number of carbonyl (C=O) groups excluding carboxylic acids is 1. The van der Waals surface area contributed by atoms with Gasteiger partial charge in [-0.05, 0) is 30.4 Å². The Labute approximate surface area is 131 Å². The highest BCUT2D eigenvalue weighted by Gasteiger charge is 2.26. The molecule has 2 aliphatic rings. The first-order valence-corrected chi connectivity index (χ1v) is 8.81. The molecule has 0 N–H and O–H groups in total. The van der Waals surface area contributed by atoms with E-state index in [-0.39, 0.29) is 11.9 Å². The summed E-state index contributed by atoms with van der Waals surface area (Å²) < 4.78 is 0. The molecule has 1 aliphatic heterocycles. The Hall–Kier alpha value is -1.29. The number of thioether (sulfide) groups is 1. The number of aliphatic imine (C=N–C) groups is 1. The molecule has 0 radical (unpaired) electrons. The van der Waals surface area contributed by atoms with Gasteiger partial charge in [0.15, 0.2) is 5.17 Å². The van der Waals surface area contributed by atoms with Crippen molar-refractivity contribution in [2.24, 2.45) is 4.99 Å². The summed E-state index contributed by atoms with van der Waals surface area (Å²) in [6.45, 7) is 6.42. The molecule has 1 aliphatic carbocycles. The highest BCUT2D eigenvalue weighted by Crippen LogP contribution is 2.34. The number of rotatable bonds is 1. The number of hydrogen-bond acceptors (Lipinski definition) is 3. The average molecular weight is 304 g/mol. The van der Waals surface area contributed by atoms with Crippen molar-refractivity contribution in [3.05, 3.63) is 35.4 Å². The molecule has 0 bridgehead atoms. The van der Waals surface area contributed by atoms with Crippen molar-refractivity contribution in [1.82, 2.24) is 4.90 Å². The summed E-state index contributed by atoms with van der Waals surface area (Å²) in [4.78, 5) is 18.2. The highest BCUT2D eigenvalue weighted by molar-refractivity contribution is 8.14. The minimum atomic E-state index is 0.104. The molecular weight excluding hydrogens is 280 g/mol. The number of amidine groups is 1. The maximum atomic E-state index is 11.6. The Kier molecular flexibility index (Phi) is 5.85. The molecule has 1 unspecified atom stereocenters. The first-order chi connectivity index (χ1) is 10.3. The van der Waals surface area contributed by atoms with Crippen molar-refractivity contribution < 1.29 is 4.79 Å². The van der Waals surface area contributed by atoms with Crippen molar-refractivity contribution >= 4 is 22.8 Å². The van der Waals surface area contributed by atoms with Crippen molar-refractivity contribution in [2.45, 2.75) is 46.1 Å². The third-order valence-electron chi connectivity index (χ3n) is 3.76. The molecule has 1 amide bonds. The standard InChI is InChI=1S/C15H18N2OS.C2H6/c1-11(18)17-9-10-19-15(17)16-14-8-4-6-12-5-2-3-7-13(12)14;1-2/h2-3,5,7,14H,4,6,8-10H2,1H3;1-2H3. The minimum absolute atomic E-state index is 0.104. The molecule has 1 aromatic carbocycles. The molecule has 4 heteroatoms. The molecule has 1 aromatic rings. The summed E-state index contributed by atoms with van der Waals surface area (Å²) in [5.41, 5.74) is 2.76. The van der Waals surface area contributed by atoms with Gasteiger partial charge < -0.3 is 0 Å². The van der Waals surface area contributed by atoms with Crippen LogP contribution in [0.25, 0.3) is 0 Å². The summed E-state index contributed by atoms with van der Waals surface area (Å²) in [7, 11) is 0. The summed E-state index contributed by atoms with van der Waals surface area (Å²) in [6.07, 6.45) is 3.43.